The third-order valence-electron chi connectivity index (χ3n) is 3.35. The molecular weight excluding hydrogens is 272 g/mol. The van der Waals surface area contributed by atoms with Gasteiger partial charge in [-0.3, -0.25) is 0 Å². The largest absolute Gasteiger partial charge is 0.383 e. The summed E-state index contributed by atoms with van der Waals surface area (Å²) in [6, 6.07) is 12.7. The number of nitrogens with zero attached hydrogens (tertiary/aromatic N) is 2. The van der Waals surface area contributed by atoms with E-state index < -0.39 is 11.6 Å². The minimum Gasteiger partial charge on any atom is -0.383 e. The van der Waals surface area contributed by atoms with Crippen molar-refractivity contribution in [3.8, 4) is 16.9 Å². The van der Waals surface area contributed by atoms with Crippen LogP contribution < -0.4 is 5.73 Å². The van der Waals surface area contributed by atoms with E-state index in [9.17, 15) is 8.78 Å². The number of hydrogen-bond donors (Lipinski definition) is 1. The fourth-order valence-corrected chi connectivity index (χ4v) is 2.21. The summed E-state index contributed by atoms with van der Waals surface area (Å²) in [5, 5.41) is 4.37. The SMILES string of the molecule is Cc1c(-c2ccc(F)cc2F)nn(-c2ccccc2)c1N. The molecule has 0 unspecified atom stereocenters. The second-order valence-electron chi connectivity index (χ2n) is 4.73. The van der Waals surface area contributed by atoms with E-state index in [1.165, 1.54) is 12.1 Å². The van der Waals surface area contributed by atoms with Crippen LogP contribution in [0.15, 0.2) is 48.5 Å². The molecule has 0 spiro atoms. The average molecular weight is 285 g/mol. The molecule has 0 aliphatic heterocycles. The molecule has 0 atom stereocenters. The predicted molar refractivity (Wildman–Crippen MR) is 78.1 cm³/mol. The maximum absolute atomic E-state index is 13.9. The molecule has 0 fully saturated rings. The van der Waals surface area contributed by atoms with Gasteiger partial charge in [-0.05, 0) is 31.2 Å². The highest BCUT2D eigenvalue weighted by Gasteiger charge is 2.17. The fourth-order valence-electron chi connectivity index (χ4n) is 2.21. The highest BCUT2D eigenvalue weighted by atomic mass is 19.1. The van der Waals surface area contributed by atoms with Crippen LogP contribution in [0.1, 0.15) is 5.56 Å². The lowest BCUT2D eigenvalue weighted by Gasteiger charge is -2.03. The van der Waals surface area contributed by atoms with Crippen LogP contribution in [0.25, 0.3) is 16.9 Å². The summed E-state index contributed by atoms with van der Waals surface area (Å²) < 4.78 is 28.5. The number of nitrogen functional groups attached to an aromatic ring is 1. The Labute approximate surface area is 120 Å². The van der Waals surface area contributed by atoms with Crippen molar-refractivity contribution in [1.29, 1.82) is 0 Å². The van der Waals surface area contributed by atoms with Crippen LogP contribution in [-0.4, -0.2) is 9.78 Å². The van der Waals surface area contributed by atoms with Gasteiger partial charge in [0, 0.05) is 17.2 Å². The summed E-state index contributed by atoms with van der Waals surface area (Å²) in [4.78, 5) is 0. The quantitative estimate of drug-likeness (QED) is 0.780. The van der Waals surface area contributed by atoms with Gasteiger partial charge in [-0.25, -0.2) is 13.5 Å². The van der Waals surface area contributed by atoms with Crippen LogP contribution in [0.5, 0.6) is 0 Å². The smallest absolute Gasteiger partial charge is 0.135 e. The molecule has 1 aromatic heterocycles. The molecule has 0 aliphatic carbocycles. The number of rotatable bonds is 2. The number of nitrogens with two attached hydrogens (primary N) is 1. The molecule has 0 amide bonds. The van der Waals surface area contributed by atoms with E-state index in [0.29, 0.717) is 17.1 Å². The molecule has 0 radical (unpaired) electrons. The van der Waals surface area contributed by atoms with Crippen molar-refractivity contribution in [2.24, 2.45) is 0 Å². The van der Waals surface area contributed by atoms with Gasteiger partial charge in [0.2, 0.25) is 0 Å². The highest BCUT2D eigenvalue weighted by molar-refractivity contribution is 5.69. The van der Waals surface area contributed by atoms with Gasteiger partial charge in [0.1, 0.15) is 23.1 Å². The number of hydrogen-bond acceptors (Lipinski definition) is 2. The number of anilines is 1. The zero-order valence-corrected chi connectivity index (χ0v) is 11.3. The average Bonchev–Trinajstić information content (AvgIpc) is 2.77. The minimum atomic E-state index is -0.657. The molecule has 3 nitrogen and oxygen atoms in total. The summed E-state index contributed by atoms with van der Waals surface area (Å²) in [6.45, 7) is 1.76. The van der Waals surface area contributed by atoms with Gasteiger partial charge < -0.3 is 5.73 Å². The van der Waals surface area contributed by atoms with Gasteiger partial charge in [0.25, 0.3) is 0 Å². The Morgan fingerprint density at radius 3 is 2.43 bits per heavy atom. The topological polar surface area (TPSA) is 43.8 Å². The Kier molecular flexibility index (Phi) is 3.17. The van der Waals surface area contributed by atoms with Crippen molar-refractivity contribution in [1.82, 2.24) is 9.78 Å². The van der Waals surface area contributed by atoms with Gasteiger partial charge in [-0.15, -0.1) is 0 Å². The second kappa shape index (κ2) is 5.01. The van der Waals surface area contributed by atoms with Crippen molar-refractivity contribution < 1.29 is 8.78 Å². The number of para-hydroxylation sites is 1. The molecule has 0 saturated carbocycles. The van der Waals surface area contributed by atoms with Crippen LogP contribution in [0.4, 0.5) is 14.6 Å². The zero-order chi connectivity index (χ0) is 15.0. The third-order valence-corrected chi connectivity index (χ3v) is 3.35. The van der Waals surface area contributed by atoms with E-state index in [1.807, 2.05) is 30.3 Å². The van der Waals surface area contributed by atoms with E-state index in [-0.39, 0.29) is 5.56 Å². The molecule has 106 valence electrons. The first-order chi connectivity index (χ1) is 10.1. The molecule has 1 heterocycles. The van der Waals surface area contributed by atoms with Crippen molar-refractivity contribution in [2.75, 3.05) is 5.73 Å². The van der Waals surface area contributed by atoms with Gasteiger partial charge in [0.15, 0.2) is 0 Å². The molecule has 2 N–H and O–H groups in total. The Hall–Kier alpha value is -2.69. The first-order valence-corrected chi connectivity index (χ1v) is 6.44. The van der Waals surface area contributed by atoms with Crippen molar-refractivity contribution in [3.63, 3.8) is 0 Å². The molecule has 5 heteroatoms. The standard InChI is InChI=1S/C16H13F2N3/c1-10-15(13-8-7-11(17)9-14(13)18)20-21(16(10)19)12-5-3-2-4-6-12/h2-9H,19H2,1H3. The Morgan fingerprint density at radius 1 is 1.05 bits per heavy atom. The van der Waals surface area contributed by atoms with Crippen LogP contribution in [0, 0.1) is 18.6 Å². The summed E-state index contributed by atoms with van der Waals surface area (Å²) >= 11 is 0. The molecule has 3 aromatic rings. The van der Waals surface area contributed by atoms with Crippen LogP contribution in [0.2, 0.25) is 0 Å². The number of halogens is 2. The van der Waals surface area contributed by atoms with Gasteiger partial charge in [-0.2, -0.15) is 5.10 Å². The van der Waals surface area contributed by atoms with E-state index in [2.05, 4.69) is 5.10 Å². The Bertz CT molecular complexity index is 795. The van der Waals surface area contributed by atoms with E-state index in [1.54, 1.807) is 11.6 Å². The van der Waals surface area contributed by atoms with E-state index in [4.69, 9.17) is 5.73 Å². The van der Waals surface area contributed by atoms with Gasteiger partial charge in [-0.1, -0.05) is 18.2 Å². The lowest BCUT2D eigenvalue weighted by Crippen LogP contribution is -2.01. The summed E-state index contributed by atoms with van der Waals surface area (Å²) in [6.07, 6.45) is 0. The molecule has 0 saturated heterocycles. The normalized spacial score (nSPS) is 10.8. The molecule has 0 aliphatic rings. The van der Waals surface area contributed by atoms with E-state index in [0.717, 1.165) is 11.8 Å². The summed E-state index contributed by atoms with van der Waals surface area (Å²) in [5.41, 5.74) is 8.14. The molecule has 21 heavy (non-hydrogen) atoms. The number of aromatic nitrogens is 2. The second-order valence-corrected chi connectivity index (χ2v) is 4.73. The van der Waals surface area contributed by atoms with Gasteiger partial charge in [0.05, 0.1) is 5.69 Å². The molecular formula is C16H13F2N3. The Balaban J connectivity index is 2.17. The molecule has 0 bridgehead atoms. The maximum atomic E-state index is 13.9. The predicted octanol–water partition coefficient (Wildman–Crippen LogP) is 3.71. The first kappa shape index (κ1) is 13.3. The maximum Gasteiger partial charge on any atom is 0.135 e. The summed E-state index contributed by atoms with van der Waals surface area (Å²) in [5.74, 6) is -0.847. The minimum absolute atomic E-state index is 0.232. The lowest BCUT2D eigenvalue weighted by atomic mass is 10.1. The van der Waals surface area contributed by atoms with E-state index >= 15 is 0 Å². The fraction of sp³-hybridized carbons (Fsp3) is 0.0625. The van der Waals surface area contributed by atoms with Crippen LogP contribution >= 0.6 is 0 Å². The zero-order valence-electron chi connectivity index (χ0n) is 11.3. The van der Waals surface area contributed by atoms with Crippen LogP contribution in [-0.2, 0) is 0 Å². The van der Waals surface area contributed by atoms with Crippen molar-refractivity contribution in [2.45, 2.75) is 6.92 Å². The monoisotopic (exact) mass is 285 g/mol. The first-order valence-electron chi connectivity index (χ1n) is 6.44. The van der Waals surface area contributed by atoms with Crippen LogP contribution in [0.3, 0.4) is 0 Å². The van der Waals surface area contributed by atoms with Crippen molar-refractivity contribution in [3.05, 3.63) is 65.7 Å². The number of benzene rings is 2. The summed E-state index contributed by atoms with van der Waals surface area (Å²) in [7, 11) is 0. The van der Waals surface area contributed by atoms with Crippen molar-refractivity contribution >= 4 is 5.82 Å². The highest BCUT2D eigenvalue weighted by Crippen LogP contribution is 2.30. The van der Waals surface area contributed by atoms with Gasteiger partial charge >= 0.3 is 0 Å². The molecule has 3 rings (SSSR count). The lowest BCUT2D eigenvalue weighted by molar-refractivity contribution is 0.585. The molecule has 2 aromatic carbocycles. The third kappa shape index (κ3) is 2.27. The Morgan fingerprint density at radius 2 is 1.76 bits per heavy atom.